The largest absolute Gasteiger partial charge is 0.508 e. The number of benzene rings is 2. The number of phenols is 1. The molecule has 0 saturated heterocycles. The summed E-state index contributed by atoms with van der Waals surface area (Å²) in [4.78, 5) is 6.81. The van der Waals surface area contributed by atoms with Gasteiger partial charge in [0.25, 0.3) is 0 Å². The van der Waals surface area contributed by atoms with Gasteiger partial charge in [-0.3, -0.25) is 4.99 Å². The van der Waals surface area contributed by atoms with Crippen LogP contribution in [0.4, 0.5) is 0 Å². The van der Waals surface area contributed by atoms with Crippen molar-refractivity contribution < 1.29 is 14.6 Å². The number of fused-ring (bicyclic) bond motifs is 1. The van der Waals surface area contributed by atoms with Gasteiger partial charge in [0.05, 0.1) is 0 Å². The number of aromatic hydroxyl groups is 1. The van der Waals surface area contributed by atoms with E-state index < -0.39 is 0 Å². The highest BCUT2D eigenvalue weighted by atomic mass is 127. The zero-order valence-corrected chi connectivity index (χ0v) is 18.7. The fraction of sp³-hybridized carbons (Fsp3) is 0.381. The van der Waals surface area contributed by atoms with E-state index in [-0.39, 0.29) is 24.0 Å². The molecule has 1 aliphatic heterocycles. The summed E-state index contributed by atoms with van der Waals surface area (Å²) < 4.78 is 11.2. The number of hydrogen-bond donors (Lipinski definition) is 2. The van der Waals surface area contributed by atoms with Crippen LogP contribution in [0.3, 0.4) is 0 Å². The summed E-state index contributed by atoms with van der Waals surface area (Å²) in [5.74, 6) is 2.75. The minimum absolute atomic E-state index is 0. The minimum atomic E-state index is 0. The lowest BCUT2D eigenvalue weighted by molar-refractivity contribution is 0.171. The molecule has 28 heavy (non-hydrogen) atoms. The van der Waals surface area contributed by atoms with E-state index in [0.29, 0.717) is 32.1 Å². The Kier molecular flexibility index (Phi) is 8.69. The van der Waals surface area contributed by atoms with Crippen LogP contribution in [-0.4, -0.2) is 49.3 Å². The maximum absolute atomic E-state index is 9.57. The van der Waals surface area contributed by atoms with Crippen LogP contribution in [0.2, 0.25) is 0 Å². The second kappa shape index (κ2) is 11.0. The molecule has 0 aliphatic carbocycles. The van der Waals surface area contributed by atoms with E-state index in [0.717, 1.165) is 41.6 Å². The predicted octanol–water partition coefficient (Wildman–Crippen LogP) is 3.42. The van der Waals surface area contributed by atoms with Crippen LogP contribution in [0.1, 0.15) is 18.1 Å². The van der Waals surface area contributed by atoms with Crippen LogP contribution in [-0.2, 0) is 13.0 Å². The number of halogens is 1. The average molecular weight is 497 g/mol. The number of nitrogens with one attached hydrogen (secondary N) is 1. The Bertz CT molecular complexity index is 798. The van der Waals surface area contributed by atoms with Crippen LogP contribution in [0, 0.1) is 0 Å². The molecule has 0 unspecified atom stereocenters. The van der Waals surface area contributed by atoms with E-state index in [9.17, 15) is 5.11 Å². The molecule has 0 fully saturated rings. The molecule has 2 N–H and O–H groups in total. The van der Waals surface area contributed by atoms with Crippen LogP contribution in [0.25, 0.3) is 0 Å². The maximum atomic E-state index is 9.57. The number of hydrogen-bond acceptors (Lipinski definition) is 4. The Balaban J connectivity index is 0.00000280. The lowest BCUT2D eigenvalue weighted by Crippen LogP contribution is -2.38. The third kappa shape index (κ3) is 6.19. The van der Waals surface area contributed by atoms with Crippen molar-refractivity contribution in [2.24, 2.45) is 4.99 Å². The number of guanidine groups is 1. The van der Waals surface area contributed by atoms with Gasteiger partial charge in [-0.2, -0.15) is 0 Å². The van der Waals surface area contributed by atoms with Gasteiger partial charge in [0, 0.05) is 26.7 Å². The predicted molar refractivity (Wildman–Crippen MR) is 122 cm³/mol. The zero-order valence-electron chi connectivity index (χ0n) is 16.4. The quantitative estimate of drug-likeness (QED) is 0.364. The van der Waals surface area contributed by atoms with E-state index in [1.54, 1.807) is 12.1 Å². The molecule has 0 bridgehead atoms. The van der Waals surface area contributed by atoms with Crippen molar-refractivity contribution in [1.82, 2.24) is 10.2 Å². The van der Waals surface area contributed by atoms with Gasteiger partial charge in [-0.05, 0) is 48.7 Å². The van der Waals surface area contributed by atoms with Gasteiger partial charge in [-0.15, -0.1) is 24.0 Å². The Morgan fingerprint density at radius 3 is 2.64 bits per heavy atom. The third-order valence-corrected chi connectivity index (χ3v) is 4.30. The van der Waals surface area contributed by atoms with E-state index in [1.165, 1.54) is 0 Å². The molecule has 0 aromatic heterocycles. The Hall–Kier alpha value is -2.16. The fourth-order valence-electron chi connectivity index (χ4n) is 3.01. The lowest BCUT2D eigenvalue weighted by Gasteiger charge is -2.24. The summed E-state index contributed by atoms with van der Waals surface area (Å²) in [5, 5.41) is 12.9. The molecular weight excluding hydrogens is 469 g/mol. The van der Waals surface area contributed by atoms with Crippen LogP contribution >= 0.6 is 24.0 Å². The van der Waals surface area contributed by atoms with Crippen molar-refractivity contribution in [2.75, 3.05) is 33.4 Å². The topological polar surface area (TPSA) is 66.3 Å². The minimum Gasteiger partial charge on any atom is -0.508 e. The van der Waals surface area contributed by atoms with Crippen molar-refractivity contribution in [1.29, 1.82) is 0 Å². The Morgan fingerprint density at radius 2 is 1.89 bits per heavy atom. The molecular formula is C21H28IN3O3. The molecule has 0 amide bonds. The smallest absolute Gasteiger partial charge is 0.193 e. The molecule has 0 saturated carbocycles. The summed E-state index contributed by atoms with van der Waals surface area (Å²) in [7, 11) is 2.02. The van der Waals surface area contributed by atoms with Crippen LogP contribution in [0.5, 0.6) is 17.2 Å². The SMILES string of the molecule is CCNC(=NCCc1cccc(O)c1)N(C)Cc1ccc2c(c1)OCCO2.I. The third-order valence-electron chi connectivity index (χ3n) is 4.30. The highest BCUT2D eigenvalue weighted by Gasteiger charge is 2.13. The first kappa shape index (κ1) is 22.1. The van der Waals surface area contributed by atoms with E-state index in [4.69, 9.17) is 14.5 Å². The second-order valence-corrected chi connectivity index (χ2v) is 6.49. The highest BCUT2D eigenvalue weighted by molar-refractivity contribution is 14.0. The Labute approximate surface area is 183 Å². The van der Waals surface area contributed by atoms with Crippen molar-refractivity contribution >= 4 is 29.9 Å². The molecule has 6 nitrogen and oxygen atoms in total. The maximum Gasteiger partial charge on any atom is 0.193 e. The molecule has 1 aliphatic rings. The zero-order chi connectivity index (χ0) is 19.1. The molecule has 2 aromatic rings. The van der Waals surface area contributed by atoms with E-state index in [1.807, 2.05) is 31.3 Å². The van der Waals surface area contributed by atoms with Gasteiger partial charge in [0.15, 0.2) is 17.5 Å². The molecule has 0 atom stereocenters. The second-order valence-electron chi connectivity index (χ2n) is 6.49. The first-order valence-electron chi connectivity index (χ1n) is 9.31. The van der Waals surface area contributed by atoms with Gasteiger partial charge >= 0.3 is 0 Å². The van der Waals surface area contributed by atoms with E-state index in [2.05, 4.69) is 23.2 Å². The van der Waals surface area contributed by atoms with Gasteiger partial charge < -0.3 is 24.8 Å². The van der Waals surface area contributed by atoms with Crippen molar-refractivity contribution in [3.8, 4) is 17.2 Å². The molecule has 1 heterocycles. The highest BCUT2D eigenvalue weighted by Crippen LogP contribution is 2.31. The molecule has 152 valence electrons. The molecule has 0 radical (unpaired) electrons. The molecule has 0 spiro atoms. The summed E-state index contributed by atoms with van der Waals surface area (Å²) in [6, 6.07) is 13.4. The van der Waals surface area contributed by atoms with Gasteiger partial charge in [0.1, 0.15) is 19.0 Å². The van der Waals surface area contributed by atoms with Crippen LogP contribution < -0.4 is 14.8 Å². The first-order valence-corrected chi connectivity index (χ1v) is 9.31. The number of ether oxygens (including phenoxy) is 2. The number of rotatable bonds is 6. The summed E-state index contributed by atoms with van der Waals surface area (Å²) >= 11 is 0. The Morgan fingerprint density at radius 1 is 1.11 bits per heavy atom. The number of phenolic OH excluding ortho intramolecular Hbond substituents is 1. The molecule has 7 heteroatoms. The van der Waals surface area contributed by atoms with Crippen molar-refractivity contribution in [3.05, 3.63) is 53.6 Å². The van der Waals surface area contributed by atoms with Crippen LogP contribution in [0.15, 0.2) is 47.5 Å². The first-order chi connectivity index (χ1) is 13.2. The molecule has 3 rings (SSSR count). The van der Waals surface area contributed by atoms with Crippen molar-refractivity contribution in [3.63, 3.8) is 0 Å². The van der Waals surface area contributed by atoms with Gasteiger partial charge in [-0.25, -0.2) is 0 Å². The van der Waals surface area contributed by atoms with Gasteiger partial charge in [-0.1, -0.05) is 18.2 Å². The van der Waals surface area contributed by atoms with E-state index >= 15 is 0 Å². The summed E-state index contributed by atoms with van der Waals surface area (Å²) in [6.07, 6.45) is 0.779. The molecule has 2 aromatic carbocycles. The monoisotopic (exact) mass is 497 g/mol. The normalized spacial score (nSPS) is 12.9. The lowest BCUT2D eigenvalue weighted by atomic mass is 10.1. The summed E-state index contributed by atoms with van der Waals surface area (Å²) in [6.45, 7) is 5.42. The van der Waals surface area contributed by atoms with Crippen molar-refractivity contribution in [2.45, 2.75) is 19.9 Å². The summed E-state index contributed by atoms with van der Waals surface area (Å²) in [5.41, 5.74) is 2.21. The fourth-order valence-corrected chi connectivity index (χ4v) is 3.01. The van der Waals surface area contributed by atoms with Gasteiger partial charge in [0.2, 0.25) is 0 Å². The average Bonchev–Trinajstić information content (AvgIpc) is 2.67. The number of aliphatic imine (C=N–C) groups is 1. The standard InChI is InChI=1S/C21H27N3O3.HI/c1-3-22-21(23-10-9-16-5-4-6-18(25)13-16)24(2)15-17-7-8-19-20(14-17)27-12-11-26-19;/h4-8,13-14,25H,3,9-12,15H2,1-2H3,(H,22,23);1H. The number of nitrogens with zero attached hydrogens (tertiary/aromatic N) is 2.